The molecule has 0 radical (unpaired) electrons. The van der Waals surface area contributed by atoms with Crippen LogP contribution in [0, 0.1) is 17.0 Å². The number of hydrogen-bond acceptors (Lipinski definition) is 5. The first-order valence-corrected chi connectivity index (χ1v) is 11.3. The molecular weight excluding hydrogens is 454 g/mol. The predicted molar refractivity (Wildman–Crippen MR) is 122 cm³/mol. The molecule has 1 N–H and O–H groups in total. The Kier molecular flexibility index (Phi) is 6.81. The summed E-state index contributed by atoms with van der Waals surface area (Å²) >= 11 is 6.11. The van der Waals surface area contributed by atoms with Gasteiger partial charge in [0.05, 0.1) is 15.5 Å². The van der Waals surface area contributed by atoms with Crippen LogP contribution in [0.2, 0.25) is 5.02 Å². The Balaban J connectivity index is 1.75. The lowest BCUT2D eigenvalue weighted by Crippen LogP contribution is -2.26. The highest BCUT2D eigenvalue weighted by molar-refractivity contribution is 7.92. The predicted octanol–water partition coefficient (Wildman–Crippen LogP) is 4.63. The summed E-state index contributed by atoms with van der Waals surface area (Å²) < 4.78 is 27.9. The van der Waals surface area contributed by atoms with Gasteiger partial charge >= 0.3 is 0 Å². The van der Waals surface area contributed by atoms with Gasteiger partial charge < -0.3 is 4.90 Å². The van der Waals surface area contributed by atoms with Gasteiger partial charge in [0.1, 0.15) is 0 Å². The molecule has 0 fully saturated rings. The molecule has 3 aromatic rings. The van der Waals surface area contributed by atoms with Crippen molar-refractivity contribution >= 4 is 38.9 Å². The summed E-state index contributed by atoms with van der Waals surface area (Å²) in [5.41, 5.74) is 1.83. The molecular formula is C22H20ClN3O5S. The van der Waals surface area contributed by atoms with Gasteiger partial charge in [0.15, 0.2) is 0 Å². The van der Waals surface area contributed by atoms with Crippen molar-refractivity contribution in [2.75, 3.05) is 11.8 Å². The number of nitrogens with zero attached hydrogens (tertiary/aromatic N) is 2. The maximum Gasteiger partial charge on any atom is 0.269 e. The minimum absolute atomic E-state index is 0.0154. The van der Waals surface area contributed by atoms with Crippen molar-refractivity contribution in [2.24, 2.45) is 0 Å². The summed E-state index contributed by atoms with van der Waals surface area (Å²) in [7, 11) is -2.29. The van der Waals surface area contributed by atoms with Gasteiger partial charge in [-0.15, -0.1) is 0 Å². The van der Waals surface area contributed by atoms with Crippen molar-refractivity contribution in [1.82, 2.24) is 4.90 Å². The Morgan fingerprint density at radius 2 is 1.75 bits per heavy atom. The number of nitro groups is 1. The van der Waals surface area contributed by atoms with Crippen molar-refractivity contribution in [2.45, 2.75) is 18.4 Å². The molecule has 0 saturated heterocycles. The molecule has 0 aromatic heterocycles. The second kappa shape index (κ2) is 9.37. The number of benzene rings is 3. The first kappa shape index (κ1) is 23.2. The highest BCUT2D eigenvalue weighted by atomic mass is 35.5. The quantitative estimate of drug-likeness (QED) is 0.397. The minimum Gasteiger partial charge on any atom is -0.337 e. The summed E-state index contributed by atoms with van der Waals surface area (Å²) in [6, 6.07) is 16.6. The number of carbonyl (C=O) groups is 1. The van der Waals surface area contributed by atoms with Gasteiger partial charge in [-0.25, -0.2) is 8.42 Å². The van der Waals surface area contributed by atoms with E-state index < -0.39 is 14.9 Å². The van der Waals surface area contributed by atoms with Crippen LogP contribution in [0.3, 0.4) is 0 Å². The number of amides is 1. The molecule has 0 saturated carbocycles. The Labute approximate surface area is 190 Å². The van der Waals surface area contributed by atoms with E-state index in [1.54, 1.807) is 25.1 Å². The molecule has 1 amide bonds. The van der Waals surface area contributed by atoms with Crippen molar-refractivity contribution < 1.29 is 18.1 Å². The van der Waals surface area contributed by atoms with Crippen LogP contribution in [0.15, 0.2) is 71.6 Å². The lowest BCUT2D eigenvalue weighted by atomic mass is 10.1. The van der Waals surface area contributed by atoms with Gasteiger partial charge in [0, 0.05) is 36.3 Å². The van der Waals surface area contributed by atoms with Gasteiger partial charge in [0.25, 0.3) is 21.6 Å². The number of aryl methyl sites for hydroxylation is 1. The van der Waals surface area contributed by atoms with Crippen LogP contribution in [-0.2, 0) is 16.6 Å². The van der Waals surface area contributed by atoms with E-state index in [0.717, 1.165) is 5.56 Å². The van der Waals surface area contributed by atoms with Crippen molar-refractivity contribution in [3.8, 4) is 0 Å². The monoisotopic (exact) mass is 473 g/mol. The molecule has 3 aromatic carbocycles. The average Bonchev–Trinajstić information content (AvgIpc) is 2.76. The molecule has 0 aliphatic heterocycles. The number of anilines is 1. The third kappa shape index (κ3) is 5.24. The highest BCUT2D eigenvalue weighted by Gasteiger charge is 2.19. The number of nitro benzene ring substituents is 1. The molecule has 0 unspecified atom stereocenters. The van der Waals surface area contributed by atoms with Crippen molar-refractivity contribution in [3.05, 3.63) is 98.6 Å². The number of non-ortho nitro benzene ring substituents is 1. The van der Waals surface area contributed by atoms with E-state index in [0.29, 0.717) is 16.3 Å². The standard InChI is InChI=1S/C22H20ClN3O5S/c1-15-5-3-4-6-21(15)24-32(30,31)19-10-7-16(8-11-19)22(27)25(2)14-17-13-18(26(28)29)9-12-20(17)23/h3-13,24H,14H2,1-2H3. The van der Waals surface area contributed by atoms with E-state index in [1.165, 1.54) is 54.4 Å². The zero-order valence-electron chi connectivity index (χ0n) is 17.3. The number of hydrogen-bond donors (Lipinski definition) is 1. The number of carbonyl (C=O) groups excluding carboxylic acids is 1. The van der Waals surface area contributed by atoms with E-state index in [1.807, 2.05) is 6.07 Å². The maximum absolute atomic E-state index is 12.8. The third-order valence-corrected chi connectivity index (χ3v) is 6.55. The first-order valence-electron chi connectivity index (χ1n) is 9.45. The first-order chi connectivity index (χ1) is 15.1. The van der Waals surface area contributed by atoms with Gasteiger partial charge in [-0.3, -0.25) is 19.6 Å². The summed E-state index contributed by atoms with van der Waals surface area (Å²) in [6.45, 7) is 1.84. The largest absolute Gasteiger partial charge is 0.337 e. The van der Waals surface area contributed by atoms with Crippen molar-refractivity contribution in [3.63, 3.8) is 0 Å². The van der Waals surface area contributed by atoms with Crippen LogP contribution in [-0.4, -0.2) is 31.2 Å². The van der Waals surface area contributed by atoms with Gasteiger partial charge in [-0.1, -0.05) is 29.8 Å². The molecule has 32 heavy (non-hydrogen) atoms. The van der Waals surface area contributed by atoms with E-state index in [-0.39, 0.29) is 28.6 Å². The fraction of sp³-hybridized carbons (Fsp3) is 0.136. The summed E-state index contributed by atoms with van der Waals surface area (Å²) in [4.78, 5) is 24.6. The fourth-order valence-corrected chi connectivity index (χ4v) is 4.32. The smallest absolute Gasteiger partial charge is 0.269 e. The molecule has 10 heteroatoms. The second-order valence-electron chi connectivity index (χ2n) is 7.14. The normalized spacial score (nSPS) is 11.1. The molecule has 0 heterocycles. The molecule has 166 valence electrons. The summed E-state index contributed by atoms with van der Waals surface area (Å²) in [5.74, 6) is -0.386. The van der Waals surface area contributed by atoms with Gasteiger partial charge in [0.2, 0.25) is 0 Å². The number of halogens is 1. The topological polar surface area (TPSA) is 110 Å². The molecule has 0 atom stereocenters. The SMILES string of the molecule is Cc1ccccc1NS(=O)(=O)c1ccc(C(=O)N(C)Cc2cc([N+](=O)[O-])ccc2Cl)cc1. The van der Waals surface area contributed by atoms with Crippen LogP contribution in [0.4, 0.5) is 11.4 Å². The Morgan fingerprint density at radius 1 is 1.09 bits per heavy atom. The maximum atomic E-state index is 12.8. The summed E-state index contributed by atoms with van der Waals surface area (Å²) in [5, 5.41) is 11.3. The number of nitrogens with one attached hydrogen (secondary N) is 1. The Morgan fingerprint density at radius 3 is 2.38 bits per heavy atom. The van der Waals surface area contributed by atoms with E-state index in [2.05, 4.69) is 4.72 Å². The molecule has 0 aliphatic rings. The lowest BCUT2D eigenvalue weighted by molar-refractivity contribution is -0.384. The van der Waals surface area contributed by atoms with Crippen LogP contribution in [0.1, 0.15) is 21.5 Å². The zero-order chi connectivity index (χ0) is 23.5. The second-order valence-corrected chi connectivity index (χ2v) is 9.23. The molecule has 0 aliphatic carbocycles. The Bertz CT molecular complexity index is 1280. The number of para-hydroxylation sites is 1. The zero-order valence-corrected chi connectivity index (χ0v) is 18.9. The molecule has 0 bridgehead atoms. The fourth-order valence-electron chi connectivity index (χ4n) is 3.01. The van der Waals surface area contributed by atoms with Crippen LogP contribution in [0.5, 0.6) is 0 Å². The van der Waals surface area contributed by atoms with Gasteiger partial charge in [-0.2, -0.15) is 0 Å². The molecule has 3 rings (SSSR count). The number of sulfonamides is 1. The van der Waals surface area contributed by atoms with Crippen LogP contribution in [0.25, 0.3) is 0 Å². The molecule has 0 spiro atoms. The van der Waals surface area contributed by atoms with E-state index >= 15 is 0 Å². The Hall–Kier alpha value is -3.43. The third-order valence-electron chi connectivity index (χ3n) is 4.80. The van der Waals surface area contributed by atoms with Gasteiger partial charge in [-0.05, 0) is 54.4 Å². The minimum atomic E-state index is -3.82. The average molecular weight is 474 g/mol. The highest BCUT2D eigenvalue weighted by Crippen LogP contribution is 2.24. The van der Waals surface area contributed by atoms with E-state index in [9.17, 15) is 23.3 Å². The van der Waals surface area contributed by atoms with Crippen LogP contribution >= 0.6 is 11.6 Å². The number of rotatable bonds is 7. The lowest BCUT2D eigenvalue weighted by Gasteiger charge is -2.18. The molecule has 8 nitrogen and oxygen atoms in total. The van der Waals surface area contributed by atoms with Crippen LogP contribution < -0.4 is 4.72 Å². The summed E-state index contributed by atoms with van der Waals surface area (Å²) in [6.07, 6.45) is 0. The van der Waals surface area contributed by atoms with E-state index in [4.69, 9.17) is 11.6 Å². The van der Waals surface area contributed by atoms with Crippen molar-refractivity contribution in [1.29, 1.82) is 0 Å².